The molecule has 1 saturated carbocycles. The molecule has 2 fully saturated rings. The summed E-state index contributed by atoms with van der Waals surface area (Å²) in [5.74, 6) is -0.339. The average molecular weight is 359 g/mol. The monoisotopic (exact) mass is 359 g/mol. The maximum atomic E-state index is 13.6. The minimum atomic E-state index is -0.273. The number of carbonyl (C=O) groups is 1. The van der Waals surface area contributed by atoms with Gasteiger partial charge < -0.3 is 4.90 Å². The van der Waals surface area contributed by atoms with Crippen molar-refractivity contribution in [1.29, 1.82) is 0 Å². The molecule has 6 heteroatoms. The van der Waals surface area contributed by atoms with Crippen molar-refractivity contribution in [3.05, 3.63) is 57.5 Å². The summed E-state index contributed by atoms with van der Waals surface area (Å²) in [6, 6.07) is 10.9. The summed E-state index contributed by atoms with van der Waals surface area (Å²) >= 11 is 1.75. The van der Waals surface area contributed by atoms with Gasteiger partial charge in [0.15, 0.2) is 0 Å². The van der Waals surface area contributed by atoms with Gasteiger partial charge in [0.1, 0.15) is 5.82 Å². The normalized spacial score (nSPS) is 23.0. The van der Waals surface area contributed by atoms with Gasteiger partial charge in [0, 0.05) is 22.3 Å². The molecule has 2 unspecified atom stereocenters. The van der Waals surface area contributed by atoms with Crippen molar-refractivity contribution in [2.45, 2.75) is 38.4 Å². The van der Waals surface area contributed by atoms with Crippen molar-refractivity contribution in [1.82, 2.24) is 15.8 Å². The van der Waals surface area contributed by atoms with E-state index < -0.39 is 0 Å². The molecule has 1 aliphatic heterocycles. The molecule has 0 radical (unpaired) electrons. The Morgan fingerprint density at radius 1 is 1.32 bits per heavy atom. The van der Waals surface area contributed by atoms with Crippen LogP contribution in [-0.2, 0) is 11.3 Å². The molecule has 25 heavy (non-hydrogen) atoms. The molecular weight excluding hydrogens is 337 g/mol. The third-order valence-corrected chi connectivity index (χ3v) is 5.89. The number of rotatable bonds is 5. The maximum absolute atomic E-state index is 13.6. The molecule has 4 rings (SSSR count). The van der Waals surface area contributed by atoms with Crippen molar-refractivity contribution < 1.29 is 9.18 Å². The molecule has 2 aliphatic rings. The van der Waals surface area contributed by atoms with Crippen molar-refractivity contribution in [3.63, 3.8) is 0 Å². The molecule has 0 spiro atoms. The number of nitrogens with one attached hydrogen (secondary N) is 2. The number of hydrogen-bond donors (Lipinski definition) is 2. The molecule has 2 N–H and O–H groups in total. The number of nitrogens with zero attached hydrogens (tertiary/aromatic N) is 1. The number of hydrazine groups is 1. The lowest BCUT2D eigenvalue weighted by Crippen LogP contribution is -2.40. The fourth-order valence-corrected chi connectivity index (χ4v) is 4.36. The smallest absolute Gasteiger partial charge is 0.229 e. The van der Waals surface area contributed by atoms with E-state index in [9.17, 15) is 9.18 Å². The molecule has 1 saturated heterocycles. The number of halogens is 1. The van der Waals surface area contributed by atoms with Gasteiger partial charge in [-0.2, -0.15) is 0 Å². The Labute approximate surface area is 151 Å². The van der Waals surface area contributed by atoms with Crippen molar-refractivity contribution in [3.8, 4) is 0 Å². The van der Waals surface area contributed by atoms with Gasteiger partial charge in [0.25, 0.3) is 0 Å². The molecule has 1 amide bonds. The van der Waals surface area contributed by atoms with E-state index >= 15 is 0 Å². The molecule has 2 atom stereocenters. The second-order valence-corrected chi connectivity index (χ2v) is 8.25. The van der Waals surface area contributed by atoms with Crippen LogP contribution in [-0.4, -0.2) is 23.4 Å². The van der Waals surface area contributed by atoms with E-state index in [-0.39, 0.29) is 23.7 Å². The zero-order chi connectivity index (χ0) is 17.4. The van der Waals surface area contributed by atoms with Crippen LogP contribution in [0.1, 0.15) is 34.2 Å². The molecule has 1 aliphatic carbocycles. The minimum Gasteiger partial charge on any atom is -0.334 e. The van der Waals surface area contributed by atoms with Crippen LogP contribution in [0.3, 0.4) is 0 Å². The van der Waals surface area contributed by atoms with Crippen LogP contribution < -0.4 is 10.9 Å². The predicted molar refractivity (Wildman–Crippen MR) is 96.4 cm³/mol. The average Bonchev–Trinajstić information content (AvgIpc) is 3.16. The molecule has 2 heterocycles. The van der Waals surface area contributed by atoms with Crippen LogP contribution in [0, 0.1) is 18.7 Å². The Morgan fingerprint density at radius 3 is 2.84 bits per heavy atom. The quantitative estimate of drug-likeness (QED) is 0.862. The standard InChI is InChI=1S/C19H22FN3OS/c1-12-5-8-16(25-12)11-23(15-6-7-15)19(24)17-10-21-22-18(17)13-3-2-4-14(20)9-13/h2-5,8-9,15,17-18,21-22H,6-7,10-11H2,1H3. The number of aryl methyl sites for hydroxylation is 1. The fraction of sp³-hybridized carbons (Fsp3) is 0.421. The number of hydrogen-bond acceptors (Lipinski definition) is 4. The van der Waals surface area contributed by atoms with Crippen molar-refractivity contribution in [2.24, 2.45) is 5.92 Å². The van der Waals surface area contributed by atoms with E-state index in [0.717, 1.165) is 18.4 Å². The summed E-state index contributed by atoms with van der Waals surface area (Å²) in [5.41, 5.74) is 7.05. The summed E-state index contributed by atoms with van der Waals surface area (Å²) in [6.07, 6.45) is 2.16. The van der Waals surface area contributed by atoms with Gasteiger partial charge in [-0.05, 0) is 49.6 Å². The first-order valence-corrected chi connectivity index (χ1v) is 9.53. The molecule has 0 bridgehead atoms. The summed E-state index contributed by atoms with van der Waals surface area (Å²) < 4.78 is 13.6. The Kier molecular flexibility index (Phi) is 4.58. The summed E-state index contributed by atoms with van der Waals surface area (Å²) in [5, 5.41) is 0. The Bertz CT molecular complexity index is 774. The number of thiophene rings is 1. The molecule has 132 valence electrons. The van der Waals surface area contributed by atoms with E-state index in [1.807, 2.05) is 11.0 Å². The second kappa shape index (κ2) is 6.86. The third kappa shape index (κ3) is 3.61. The third-order valence-electron chi connectivity index (χ3n) is 4.90. The largest absolute Gasteiger partial charge is 0.334 e. The predicted octanol–water partition coefficient (Wildman–Crippen LogP) is 3.15. The van der Waals surface area contributed by atoms with Crippen LogP contribution in [0.5, 0.6) is 0 Å². The summed E-state index contributed by atoms with van der Waals surface area (Å²) in [7, 11) is 0. The van der Waals surface area contributed by atoms with Crippen LogP contribution in [0.25, 0.3) is 0 Å². The lowest BCUT2D eigenvalue weighted by atomic mass is 9.93. The van der Waals surface area contributed by atoms with E-state index in [0.29, 0.717) is 19.1 Å². The maximum Gasteiger partial charge on any atom is 0.229 e. The van der Waals surface area contributed by atoms with Crippen LogP contribution >= 0.6 is 11.3 Å². The topological polar surface area (TPSA) is 44.4 Å². The SMILES string of the molecule is Cc1ccc(CN(C(=O)C2CNNC2c2cccc(F)c2)C2CC2)s1. The minimum absolute atomic E-state index is 0.153. The molecule has 2 aromatic rings. The van der Waals surface area contributed by atoms with Gasteiger partial charge in [-0.15, -0.1) is 11.3 Å². The van der Waals surface area contributed by atoms with Crippen molar-refractivity contribution in [2.75, 3.05) is 6.54 Å². The highest BCUT2D eigenvalue weighted by molar-refractivity contribution is 7.11. The highest BCUT2D eigenvalue weighted by Crippen LogP contribution is 2.34. The van der Waals surface area contributed by atoms with Gasteiger partial charge in [-0.1, -0.05) is 12.1 Å². The van der Waals surface area contributed by atoms with Crippen molar-refractivity contribution >= 4 is 17.2 Å². The number of benzene rings is 1. The van der Waals surface area contributed by atoms with E-state index in [4.69, 9.17) is 0 Å². The first kappa shape index (κ1) is 16.7. The number of carbonyl (C=O) groups excluding carboxylic acids is 1. The Hall–Kier alpha value is -1.76. The van der Waals surface area contributed by atoms with E-state index in [1.165, 1.54) is 21.9 Å². The summed E-state index contributed by atoms with van der Waals surface area (Å²) in [6.45, 7) is 3.32. The van der Waals surface area contributed by atoms with Gasteiger partial charge >= 0.3 is 0 Å². The summed E-state index contributed by atoms with van der Waals surface area (Å²) in [4.78, 5) is 17.8. The lowest BCUT2D eigenvalue weighted by Gasteiger charge is -2.27. The van der Waals surface area contributed by atoms with Gasteiger partial charge in [0.05, 0.1) is 18.5 Å². The van der Waals surface area contributed by atoms with Gasteiger partial charge in [0.2, 0.25) is 5.91 Å². The van der Waals surface area contributed by atoms with E-state index in [1.54, 1.807) is 17.4 Å². The lowest BCUT2D eigenvalue weighted by molar-refractivity contribution is -0.136. The molecule has 4 nitrogen and oxygen atoms in total. The Balaban J connectivity index is 1.54. The Morgan fingerprint density at radius 2 is 2.16 bits per heavy atom. The van der Waals surface area contributed by atoms with Crippen LogP contribution in [0.2, 0.25) is 0 Å². The zero-order valence-corrected chi connectivity index (χ0v) is 15.0. The molecule has 1 aromatic carbocycles. The first-order chi connectivity index (χ1) is 12.1. The highest BCUT2D eigenvalue weighted by atomic mass is 32.1. The second-order valence-electron chi connectivity index (χ2n) is 6.87. The first-order valence-electron chi connectivity index (χ1n) is 8.71. The van der Waals surface area contributed by atoms with Gasteiger partial charge in [-0.25, -0.2) is 9.82 Å². The van der Waals surface area contributed by atoms with E-state index in [2.05, 4.69) is 29.9 Å². The molecular formula is C19H22FN3OS. The van der Waals surface area contributed by atoms with Gasteiger partial charge in [-0.3, -0.25) is 10.2 Å². The zero-order valence-electron chi connectivity index (χ0n) is 14.2. The van der Waals surface area contributed by atoms with Crippen LogP contribution in [0.15, 0.2) is 36.4 Å². The number of amides is 1. The highest BCUT2D eigenvalue weighted by Gasteiger charge is 2.41. The van der Waals surface area contributed by atoms with Crippen LogP contribution in [0.4, 0.5) is 4.39 Å². The fourth-order valence-electron chi connectivity index (χ4n) is 3.47. The molecule has 1 aromatic heterocycles.